The summed E-state index contributed by atoms with van der Waals surface area (Å²) in [6.45, 7) is 2.10. The van der Waals surface area contributed by atoms with E-state index in [9.17, 15) is 0 Å². The van der Waals surface area contributed by atoms with Crippen LogP contribution in [-0.4, -0.2) is 7.05 Å². The normalized spacial score (nSPS) is 8.36. The summed E-state index contributed by atoms with van der Waals surface area (Å²) in [6, 6.07) is 7.91. The molecule has 0 radical (unpaired) electrons. The number of hydrogen-bond donors (Lipinski definition) is 1. The van der Waals surface area contributed by atoms with E-state index in [1.165, 1.54) is 12.6 Å². The van der Waals surface area contributed by atoms with E-state index in [4.69, 9.17) is 11.6 Å². The first-order valence-electron chi connectivity index (χ1n) is 3.65. The van der Waals surface area contributed by atoms with E-state index in [0.717, 1.165) is 11.4 Å². The van der Waals surface area contributed by atoms with Crippen LogP contribution in [0.25, 0.3) is 0 Å². The minimum absolute atomic E-state index is 0.875. The standard InChI is InChI=1S/C8H9Cl.CH5N/c1-2-7-5-3-4-6-8(7)9;1-2/h3-6H,2H2,1H3;2H2,1H3. The zero-order valence-electron chi connectivity index (χ0n) is 6.97. The quantitative estimate of drug-likeness (QED) is 0.691. The molecular formula is C9H14ClN. The van der Waals surface area contributed by atoms with Gasteiger partial charge in [-0.1, -0.05) is 36.7 Å². The van der Waals surface area contributed by atoms with Crippen LogP contribution in [0, 0.1) is 0 Å². The second-order valence-electron chi connectivity index (χ2n) is 1.94. The van der Waals surface area contributed by atoms with Crippen molar-refractivity contribution in [1.29, 1.82) is 0 Å². The number of hydrogen-bond acceptors (Lipinski definition) is 1. The number of halogens is 1. The Morgan fingerprint density at radius 2 is 1.82 bits per heavy atom. The third kappa shape index (κ3) is 3.40. The van der Waals surface area contributed by atoms with Gasteiger partial charge in [0.05, 0.1) is 0 Å². The summed E-state index contributed by atoms with van der Waals surface area (Å²) in [4.78, 5) is 0. The van der Waals surface area contributed by atoms with Crippen LogP contribution in [0.2, 0.25) is 5.02 Å². The Balaban J connectivity index is 0.000000461. The molecule has 0 saturated carbocycles. The molecule has 0 aliphatic heterocycles. The Labute approximate surface area is 73.2 Å². The largest absolute Gasteiger partial charge is 0.333 e. The molecule has 1 nitrogen and oxygen atoms in total. The molecule has 0 aliphatic carbocycles. The lowest BCUT2D eigenvalue weighted by molar-refractivity contribution is 1.14. The lowest BCUT2D eigenvalue weighted by Gasteiger charge is -1.96. The molecule has 0 fully saturated rings. The Morgan fingerprint density at radius 1 is 1.27 bits per heavy atom. The van der Waals surface area contributed by atoms with Gasteiger partial charge in [-0.25, -0.2) is 0 Å². The number of benzene rings is 1. The fourth-order valence-corrected chi connectivity index (χ4v) is 1.05. The van der Waals surface area contributed by atoms with Gasteiger partial charge in [-0.05, 0) is 25.1 Å². The second-order valence-corrected chi connectivity index (χ2v) is 2.35. The predicted octanol–water partition coefficient (Wildman–Crippen LogP) is 2.48. The van der Waals surface area contributed by atoms with Crippen molar-refractivity contribution >= 4 is 11.6 Å². The Bertz CT molecular complexity index is 199. The summed E-state index contributed by atoms with van der Waals surface area (Å²) in [5.74, 6) is 0. The summed E-state index contributed by atoms with van der Waals surface area (Å²) < 4.78 is 0. The molecule has 2 N–H and O–H groups in total. The highest BCUT2D eigenvalue weighted by Crippen LogP contribution is 2.14. The first-order valence-corrected chi connectivity index (χ1v) is 4.03. The molecule has 0 heterocycles. The van der Waals surface area contributed by atoms with Crippen LogP contribution < -0.4 is 5.73 Å². The van der Waals surface area contributed by atoms with Gasteiger partial charge in [0.2, 0.25) is 0 Å². The van der Waals surface area contributed by atoms with Gasteiger partial charge in [-0.15, -0.1) is 0 Å². The van der Waals surface area contributed by atoms with Crippen LogP contribution in [0.3, 0.4) is 0 Å². The minimum Gasteiger partial charge on any atom is -0.333 e. The summed E-state index contributed by atoms with van der Waals surface area (Å²) in [7, 11) is 1.50. The maximum atomic E-state index is 5.82. The van der Waals surface area contributed by atoms with E-state index in [1.807, 2.05) is 24.3 Å². The van der Waals surface area contributed by atoms with Crippen molar-refractivity contribution in [2.24, 2.45) is 5.73 Å². The van der Waals surface area contributed by atoms with Crippen molar-refractivity contribution in [3.05, 3.63) is 34.9 Å². The number of nitrogens with two attached hydrogens (primary N) is 1. The van der Waals surface area contributed by atoms with Gasteiger partial charge in [-0.2, -0.15) is 0 Å². The van der Waals surface area contributed by atoms with E-state index in [2.05, 4.69) is 12.7 Å². The third-order valence-corrected chi connectivity index (χ3v) is 1.71. The van der Waals surface area contributed by atoms with Gasteiger partial charge < -0.3 is 5.73 Å². The molecule has 0 aromatic heterocycles. The molecule has 0 bridgehead atoms. The number of aryl methyl sites for hydroxylation is 1. The Kier molecular flexibility index (Phi) is 5.90. The van der Waals surface area contributed by atoms with Crippen molar-refractivity contribution in [2.45, 2.75) is 13.3 Å². The van der Waals surface area contributed by atoms with Crippen LogP contribution in [0.4, 0.5) is 0 Å². The number of rotatable bonds is 1. The summed E-state index contributed by atoms with van der Waals surface area (Å²) in [5.41, 5.74) is 5.72. The smallest absolute Gasteiger partial charge is 0.0437 e. The van der Waals surface area contributed by atoms with E-state index < -0.39 is 0 Å². The zero-order valence-corrected chi connectivity index (χ0v) is 7.73. The van der Waals surface area contributed by atoms with Gasteiger partial charge in [0.1, 0.15) is 0 Å². The first kappa shape index (κ1) is 10.5. The molecule has 0 unspecified atom stereocenters. The highest BCUT2D eigenvalue weighted by atomic mass is 35.5. The van der Waals surface area contributed by atoms with Crippen molar-refractivity contribution in [2.75, 3.05) is 7.05 Å². The maximum absolute atomic E-state index is 5.82. The Hall–Kier alpha value is -0.530. The Morgan fingerprint density at radius 3 is 2.18 bits per heavy atom. The van der Waals surface area contributed by atoms with Crippen molar-refractivity contribution in [1.82, 2.24) is 0 Å². The van der Waals surface area contributed by atoms with Crippen molar-refractivity contribution < 1.29 is 0 Å². The first-order chi connectivity index (χ1) is 5.34. The molecule has 62 valence electrons. The van der Waals surface area contributed by atoms with Gasteiger partial charge in [-0.3, -0.25) is 0 Å². The van der Waals surface area contributed by atoms with Gasteiger partial charge in [0.15, 0.2) is 0 Å². The van der Waals surface area contributed by atoms with Crippen molar-refractivity contribution in [3.63, 3.8) is 0 Å². The fraction of sp³-hybridized carbons (Fsp3) is 0.333. The van der Waals surface area contributed by atoms with Crippen LogP contribution in [-0.2, 0) is 6.42 Å². The topological polar surface area (TPSA) is 26.0 Å². The summed E-state index contributed by atoms with van der Waals surface area (Å²) in [6.07, 6.45) is 1.01. The molecule has 0 spiro atoms. The molecule has 0 saturated heterocycles. The van der Waals surface area contributed by atoms with Crippen LogP contribution >= 0.6 is 11.6 Å². The summed E-state index contributed by atoms with van der Waals surface area (Å²) in [5, 5.41) is 0.875. The third-order valence-electron chi connectivity index (χ3n) is 1.34. The van der Waals surface area contributed by atoms with E-state index in [0.29, 0.717) is 0 Å². The van der Waals surface area contributed by atoms with Crippen LogP contribution in [0.15, 0.2) is 24.3 Å². The van der Waals surface area contributed by atoms with Gasteiger partial charge >= 0.3 is 0 Å². The predicted molar refractivity (Wildman–Crippen MR) is 50.9 cm³/mol. The molecule has 1 rings (SSSR count). The van der Waals surface area contributed by atoms with E-state index in [1.54, 1.807) is 0 Å². The monoisotopic (exact) mass is 171 g/mol. The van der Waals surface area contributed by atoms with Crippen LogP contribution in [0.1, 0.15) is 12.5 Å². The second kappa shape index (κ2) is 6.20. The molecule has 11 heavy (non-hydrogen) atoms. The molecule has 1 aromatic rings. The molecule has 1 aromatic carbocycles. The van der Waals surface area contributed by atoms with Gasteiger partial charge in [0, 0.05) is 5.02 Å². The SMILES string of the molecule is CCc1ccccc1Cl.CN. The van der Waals surface area contributed by atoms with E-state index >= 15 is 0 Å². The molecular weight excluding hydrogens is 158 g/mol. The average Bonchev–Trinajstić information content (AvgIpc) is 2.09. The highest BCUT2D eigenvalue weighted by Gasteiger charge is 1.91. The fourth-order valence-electron chi connectivity index (χ4n) is 0.785. The molecule has 2 heteroatoms. The average molecular weight is 172 g/mol. The van der Waals surface area contributed by atoms with Crippen LogP contribution in [0.5, 0.6) is 0 Å². The summed E-state index contributed by atoms with van der Waals surface area (Å²) >= 11 is 5.82. The van der Waals surface area contributed by atoms with Gasteiger partial charge in [0.25, 0.3) is 0 Å². The highest BCUT2D eigenvalue weighted by molar-refractivity contribution is 6.31. The molecule has 0 amide bonds. The van der Waals surface area contributed by atoms with Crippen molar-refractivity contribution in [3.8, 4) is 0 Å². The molecule has 0 atom stereocenters. The lowest BCUT2D eigenvalue weighted by Crippen LogP contribution is -1.78. The van der Waals surface area contributed by atoms with E-state index in [-0.39, 0.29) is 0 Å². The molecule has 0 aliphatic rings. The maximum Gasteiger partial charge on any atom is 0.0437 e. The zero-order chi connectivity index (χ0) is 8.69. The minimum atomic E-state index is 0.875. The lowest BCUT2D eigenvalue weighted by atomic mass is 10.2.